The molecule has 1 saturated heterocycles. The molecule has 1 aliphatic rings. The van der Waals surface area contributed by atoms with Crippen molar-refractivity contribution in [2.75, 3.05) is 26.3 Å². The zero-order chi connectivity index (χ0) is 14.7. The van der Waals surface area contributed by atoms with E-state index in [1.807, 2.05) is 24.3 Å². The first kappa shape index (κ1) is 14.2. The number of rotatable bonds is 4. The minimum atomic E-state index is 0.110. The Morgan fingerprint density at radius 3 is 2.62 bits per heavy atom. The summed E-state index contributed by atoms with van der Waals surface area (Å²) in [6, 6.07) is 8.01. The zero-order valence-electron chi connectivity index (χ0n) is 12.2. The molecule has 1 aliphatic heterocycles. The standard InChI is InChI=1S/C15H20N4O2/c1-11(19-6-8-20-9-7-19)15-17-14(18-21-15)13-4-2-12(10-16)3-5-13/h2-5,11H,6-10,16H2,1H3. The monoisotopic (exact) mass is 288 g/mol. The van der Waals surface area contributed by atoms with Crippen LogP contribution in [0.4, 0.5) is 0 Å². The van der Waals surface area contributed by atoms with Crippen LogP contribution in [-0.2, 0) is 11.3 Å². The minimum absolute atomic E-state index is 0.110. The number of aromatic nitrogens is 2. The Morgan fingerprint density at radius 2 is 1.95 bits per heavy atom. The highest BCUT2D eigenvalue weighted by Crippen LogP contribution is 2.23. The molecule has 1 unspecified atom stereocenters. The number of morpholine rings is 1. The minimum Gasteiger partial charge on any atom is -0.379 e. The summed E-state index contributed by atoms with van der Waals surface area (Å²) in [5.41, 5.74) is 7.63. The van der Waals surface area contributed by atoms with Crippen LogP contribution in [0.2, 0.25) is 0 Å². The van der Waals surface area contributed by atoms with E-state index in [1.165, 1.54) is 0 Å². The highest BCUT2D eigenvalue weighted by molar-refractivity contribution is 5.54. The third kappa shape index (κ3) is 3.12. The first-order chi connectivity index (χ1) is 10.3. The third-order valence-electron chi connectivity index (χ3n) is 3.84. The lowest BCUT2D eigenvalue weighted by atomic mass is 10.1. The summed E-state index contributed by atoms with van der Waals surface area (Å²) in [5, 5.41) is 4.08. The molecule has 0 aliphatic carbocycles. The maximum Gasteiger partial charge on any atom is 0.244 e. The summed E-state index contributed by atoms with van der Waals surface area (Å²) in [5.74, 6) is 1.27. The number of hydrogen-bond donors (Lipinski definition) is 1. The highest BCUT2D eigenvalue weighted by atomic mass is 16.5. The van der Waals surface area contributed by atoms with Gasteiger partial charge in [0.05, 0.1) is 19.3 Å². The fourth-order valence-electron chi connectivity index (χ4n) is 2.43. The number of hydrogen-bond acceptors (Lipinski definition) is 6. The second-order valence-corrected chi connectivity index (χ2v) is 5.18. The van der Waals surface area contributed by atoms with Gasteiger partial charge in [0, 0.05) is 25.2 Å². The van der Waals surface area contributed by atoms with Crippen LogP contribution in [0.5, 0.6) is 0 Å². The summed E-state index contributed by atoms with van der Waals surface area (Å²) in [6.45, 7) is 5.91. The lowest BCUT2D eigenvalue weighted by molar-refractivity contribution is 0.0134. The predicted molar refractivity (Wildman–Crippen MR) is 78.4 cm³/mol. The maximum absolute atomic E-state index is 5.60. The Hall–Kier alpha value is -1.76. The normalized spacial score (nSPS) is 17.8. The van der Waals surface area contributed by atoms with Gasteiger partial charge in [0.25, 0.3) is 0 Å². The molecule has 21 heavy (non-hydrogen) atoms. The molecule has 0 saturated carbocycles. The van der Waals surface area contributed by atoms with Crippen LogP contribution < -0.4 is 5.73 Å². The van der Waals surface area contributed by atoms with Gasteiger partial charge < -0.3 is 15.0 Å². The molecule has 2 N–H and O–H groups in total. The van der Waals surface area contributed by atoms with Crippen molar-refractivity contribution in [2.24, 2.45) is 5.73 Å². The van der Waals surface area contributed by atoms with Crippen molar-refractivity contribution in [3.8, 4) is 11.4 Å². The fraction of sp³-hybridized carbons (Fsp3) is 0.467. The van der Waals surface area contributed by atoms with Gasteiger partial charge in [-0.1, -0.05) is 29.4 Å². The summed E-state index contributed by atoms with van der Waals surface area (Å²) >= 11 is 0. The molecule has 1 fully saturated rings. The molecule has 6 nitrogen and oxygen atoms in total. The molecule has 0 spiro atoms. The van der Waals surface area contributed by atoms with E-state index in [-0.39, 0.29) is 6.04 Å². The fourth-order valence-corrected chi connectivity index (χ4v) is 2.43. The first-order valence-electron chi connectivity index (χ1n) is 7.22. The molecular weight excluding hydrogens is 268 g/mol. The first-order valence-corrected chi connectivity index (χ1v) is 7.22. The van der Waals surface area contributed by atoms with E-state index in [9.17, 15) is 0 Å². The molecule has 6 heteroatoms. The average molecular weight is 288 g/mol. The van der Waals surface area contributed by atoms with Gasteiger partial charge in [-0.25, -0.2) is 0 Å². The van der Waals surface area contributed by atoms with Crippen molar-refractivity contribution >= 4 is 0 Å². The Morgan fingerprint density at radius 1 is 1.24 bits per heavy atom. The molecule has 2 aromatic rings. The average Bonchev–Trinajstić information content (AvgIpc) is 3.05. The second kappa shape index (κ2) is 6.34. The Bertz CT molecular complexity index is 576. The highest BCUT2D eigenvalue weighted by Gasteiger charge is 2.23. The van der Waals surface area contributed by atoms with Crippen molar-refractivity contribution in [3.63, 3.8) is 0 Å². The van der Waals surface area contributed by atoms with Crippen molar-refractivity contribution in [3.05, 3.63) is 35.7 Å². The van der Waals surface area contributed by atoms with Crippen LogP contribution >= 0.6 is 0 Å². The van der Waals surface area contributed by atoms with Crippen LogP contribution in [0, 0.1) is 0 Å². The number of benzene rings is 1. The molecular formula is C15H20N4O2. The Labute approximate surface area is 123 Å². The largest absolute Gasteiger partial charge is 0.379 e. The summed E-state index contributed by atoms with van der Waals surface area (Å²) in [4.78, 5) is 6.81. The van der Waals surface area contributed by atoms with Crippen LogP contribution in [0.25, 0.3) is 11.4 Å². The summed E-state index contributed by atoms with van der Waals surface area (Å²) in [6.07, 6.45) is 0. The van der Waals surface area contributed by atoms with Gasteiger partial charge in [0.2, 0.25) is 11.7 Å². The number of nitrogens with zero attached hydrogens (tertiary/aromatic N) is 3. The van der Waals surface area contributed by atoms with E-state index in [4.69, 9.17) is 15.0 Å². The molecule has 1 atom stereocenters. The quantitative estimate of drug-likeness (QED) is 0.920. The van der Waals surface area contributed by atoms with Gasteiger partial charge in [0.1, 0.15) is 0 Å². The maximum atomic E-state index is 5.60. The SMILES string of the molecule is CC(c1nc(-c2ccc(CN)cc2)no1)N1CCOCC1. The van der Waals surface area contributed by atoms with E-state index >= 15 is 0 Å². The van der Waals surface area contributed by atoms with E-state index in [0.29, 0.717) is 18.3 Å². The molecule has 112 valence electrons. The molecule has 1 aromatic carbocycles. The topological polar surface area (TPSA) is 77.4 Å². The Kier molecular flexibility index (Phi) is 4.28. The van der Waals surface area contributed by atoms with Gasteiger partial charge in [-0.15, -0.1) is 0 Å². The van der Waals surface area contributed by atoms with Gasteiger partial charge in [-0.2, -0.15) is 4.98 Å². The van der Waals surface area contributed by atoms with Crippen LogP contribution in [0.1, 0.15) is 24.4 Å². The predicted octanol–water partition coefficient (Wildman–Crippen LogP) is 1.59. The lowest BCUT2D eigenvalue weighted by Gasteiger charge is -2.29. The second-order valence-electron chi connectivity index (χ2n) is 5.18. The van der Waals surface area contributed by atoms with Gasteiger partial charge in [-0.3, -0.25) is 4.90 Å². The lowest BCUT2D eigenvalue weighted by Crippen LogP contribution is -2.38. The van der Waals surface area contributed by atoms with E-state index in [1.54, 1.807) is 0 Å². The smallest absolute Gasteiger partial charge is 0.244 e. The van der Waals surface area contributed by atoms with E-state index < -0.39 is 0 Å². The molecule has 0 amide bonds. The molecule has 2 heterocycles. The summed E-state index contributed by atoms with van der Waals surface area (Å²) in [7, 11) is 0. The molecule has 0 bridgehead atoms. The van der Waals surface area contributed by atoms with Gasteiger partial charge in [-0.05, 0) is 12.5 Å². The van der Waals surface area contributed by atoms with Crippen LogP contribution in [-0.4, -0.2) is 41.3 Å². The van der Waals surface area contributed by atoms with Crippen LogP contribution in [0.3, 0.4) is 0 Å². The molecule has 3 rings (SSSR count). The van der Waals surface area contributed by atoms with E-state index in [2.05, 4.69) is 22.0 Å². The Balaban J connectivity index is 1.75. The van der Waals surface area contributed by atoms with Gasteiger partial charge in [0.15, 0.2) is 0 Å². The number of ether oxygens (including phenoxy) is 1. The van der Waals surface area contributed by atoms with E-state index in [0.717, 1.165) is 37.4 Å². The third-order valence-corrected chi connectivity index (χ3v) is 3.84. The summed E-state index contributed by atoms with van der Waals surface area (Å²) < 4.78 is 10.8. The van der Waals surface area contributed by atoms with Crippen LogP contribution in [0.15, 0.2) is 28.8 Å². The molecule has 0 radical (unpaired) electrons. The van der Waals surface area contributed by atoms with Crippen molar-refractivity contribution in [1.29, 1.82) is 0 Å². The number of nitrogens with two attached hydrogens (primary N) is 1. The van der Waals surface area contributed by atoms with Crippen molar-refractivity contribution in [2.45, 2.75) is 19.5 Å². The molecule has 1 aromatic heterocycles. The zero-order valence-corrected chi connectivity index (χ0v) is 12.2. The van der Waals surface area contributed by atoms with Gasteiger partial charge >= 0.3 is 0 Å². The van der Waals surface area contributed by atoms with Crippen molar-refractivity contribution < 1.29 is 9.26 Å². The van der Waals surface area contributed by atoms with Crippen molar-refractivity contribution in [1.82, 2.24) is 15.0 Å².